The quantitative estimate of drug-likeness (QED) is 0.382. The van der Waals surface area contributed by atoms with E-state index in [4.69, 9.17) is 4.55 Å². The van der Waals surface area contributed by atoms with Crippen molar-refractivity contribution >= 4 is 18.0 Å². The molecule has 0 saturated heterocycles. The molecule has 0 heterocycles. The molecule has 4 nitrogen and oxygen atoms in total. The molecule has 0 fully saturated rings. The van der Waals surface area contributed by atoms with E-state index in [2.05, 4.69) is 0 Å². The topological polar surface area (TPSA) is 71.4 Å². The SMILES string of the molecule is O=P#CS(=O)(=O)O. The first kappa shape index (κ1) is 6.92. The predicted octanol–water partition coefficient (Wildman–Crippen LogP) is 0.0826. The average Bonchev–Trinajstić information content (AvgIpc) is 1.30. The van der Waals surface area contributed by atoms with Crippen molar-refractivity contribution in [3.8, 4) is 4.96 Å². The van der Waals surface area contributed by atoms with Crippen molar-refractivity contribution in [2.45, 2.75) is 0 Å². The van der Waals surface area contributed by atoms with Crippen molar-refractivity contribution in [1.29, 1.82) is 0 Å². The summed E-state index contributed by atoms with van der Waals surface area (Å²) in [6, 6.07) is 0. The van der Waals surface area contributed by atoms with E-state index in [1.54, 1.807) is 0 Å². The molecule has 0 aliphatic rings. The molecule has 0 unspecified atom stereocenters. The monoisotopic (exact) mass is 140 g/mol. The van der Waals surface area contributed by atoms with E-state index in [0.29, 0.717) is 0 Å². The fourth-order valence-corrected chi connectivity index (χ4v) is 0.424. The third-order valence-electron chi connectivity index (χ3n) is 0.153. The number of rotatable bonds is 0. The first-order valence-electron chi connectivity index (χ1n) is 1.13. The summed E-state index contributed by atoms with van der Waals surface area (Å²) in [5.74, 6) is 0. The molecule has 0 saturated carbocycles. The maximum atomic E-state index is 9.47. The summed E-state index contributed by atoms with van der Waals surface area (Å²) in [6.07, 6.45) is 0. The van der Waals surface area contributed by atoms with E-state index >= 15 is 0 Å². The molecule has 0 aromatic rings. The molecule has 0 spiro atoms. The Labute approximate surface area is 41.4 Å². The zero-order chi connectivity index (χ0) is 5.91. The zero-order valence-corrected chi connectivity index (χ0v) is 4.74. The first-order chi connectivity index (χ1) is 3.06. The molecule has 0 aliphatic heterocycles. The van der Waals surface area contributed by atoms with E-state index in [9.17, 15) is 13.0 Å². The summed E-state index contributed by atoms with van der Waals surface area (Å²) in [6.45, 7) is 0. The minimum absolute atomic E-state index is 0.829. The van der Waals surface area contributed by atoms with Crippen LogP contribution in [-0.2, 0) is 14.7 Å². The third kappa shape index (κ3) is 5.92. The molecule has 7 heavy (non-hydrogen) atoms. The van der Waals surface area contributed by atoms with Crippen molar-refractivity contribution in [2.24, 2.45) is 0 Å². The van der Waals surface area contributed by atoms with Crippen LogP contribution in [0.3, 0.4) is 0 Å². The van der Waals surface area contributed by atoms with E-state index in [-0.39, 0.29) is 0 Å². The predicted molar refractivity (Wildman–Crippen MR) is 23.0 cm³/mol. The van der Waals surface area contributed by atoms with E-state index in [1.807, 2.05) is 0 Å². The first-order valence-corrected chi connectivity index (χ1v) is 3.38. The molecule has 0 atom stereocenters. The van der Waals surface area contributed by atoms with Crippen molar-refractivity contribution in [2.75, 3.05) is 0 Å². The normalized spacial score (nSPS) is 9.86. The summed E-state index contributed by atoms with van der Waals surface area (Å²) in [4.78, 5) is 1.23. The molecule has 6 heteroatoms. The summed E-state index contributed by atoms with van der Waals surface area (Å²) < 4.78 is 35.9. The van der Waals surface area contributed by atoms with Gasteiger partial charge in [0.15, 0.2) is 0 Å². The Morgan fingerprint density at radius 2 is 2.00 bits per heavy atom. The second-order valence-corrected chi connectivity index (χ2v) is 2.52. The Morgan fingerprint density at radius 1 is 1.57 bits per heavy atom. The molecule has 0 amide bonds. The Hall–Kier alpha value is -0.0800. The Bertz CT molecular complexity index is 230. The maximum absolute atomic E-state index is 9.47. The molecular weight excluding hydrogens is 139 g/mol. The van der Waals surface area contributed by atoms with Crippen LogP contribution in [-0.4, -0.2) is 13.0 Å². The fraction of sp³-hybridized carbons (Fsp3) is 0. The van der Waals surface area contributed by atoms with Crippen LogP contribution in [0.1, 0.15) is 0 Å². The standard InChI is InChI=1S/CHO4PS/c2-6-1-7(3,4)5/h(H,3,4,5). The van der Waals surface area contributed by atoms with Crippen LogP contribution in [0, 0.1) is 4.96 Å². The number of hydrogen-bond acceptors (Lipinski definition) is 3. The van der Waals surface area contributed by atoms with Gasteiger partial charge in [-0.25, -0.2) is 0 Å². The van der Waals surface area contributed by atoms with E-state index in [0.717, 1.165) is 0 Å². The summed E-state index contributed by atoms with van der Waals surface area (Å²) in [5, 5.41) is 0. The van der Waals surface area contributed by atoms with Crippen molar-refractivity contribution in [3.63, 3.8) is 0 Å². The molecule has 0 bridgehead atoms. The van der Waals surface area contributed by atoms with Gasteiger partial charge in [-0.15, -0.1) is 0 Å². The third-order valence-corrected chi connectivity index (χ3v) is 1.37. The van der Waals surface area contributed by atoms with Crippen molar-refractivity contribution < 1.29 is 17.5 Å². The van der Waals surface area contributed by atoms with Crippen LogP contribution < -0.4 is 0 Å². The van der Waals surface area contributed by atoms with Crippen molar-refractivity contribution in [3.05, 3.63) is 0 Å². The fourth-order valence-electron chi connectivity index (χ4n) is 0.0471. The molecule has 0 radical (unpaired) electrons. The molecule has 0 aromatic heterocycles. The molecule has 1 N–H and O–H groups in total. The zero-order valence-electron chi connectivity index (χ0n) is 3.03. The molecule has 0 aliphatic carbocycles. The van der Waals surface area contributed by atoms with Gasteiger partial charge in [-0.05, 0) is 0 Å². The van der Waals surface area contributed by atoms with Gasteiger partial charge in [-0.2, -0.15) is 0 Å². The van der Waals surface area contributed by atoms with Gasteiger partial charge in [0.1, 0.15) is 0 Å². The van der Waals surface area contributed by atoms with Crippen molar-refractivity contribution in [1.82, 2.24) is 0 Å². The molecule has 0 rings (SSSR count). The van der Waals surface area contributed by atoms with Crippen LogP contribution in [0.5, 0.6) is 0 Å². The van der Waals surface area contributed by atoms with Gasteiger partial charge in [0.05, 0.1) is 0 Å². The van der Waals surface area contributed by atoms with Crippen LogP contribution in [0.2, 0.25) is 0 Å². The van der Waals surface area contributed by atoms with Gasteiger partial charge in [-0.3, -0.25) is 0 Å². The average molecular weight is 140 g/mol. The van der Waals surface area contributed by atoms with E-state index < -0.39 is 18.0 Å². The van der Waals surface area contributed by atoms with Gasteiger partial charge in [0, 0.05) is 0 Å². The second kappa shape index (κ2) is 2.28. The number of hydrogen-bond donors (Lipinski definition) is 1. The Morgan fingerprint density at radius 3 is 2.00 bits per heavy atom. The second-order valence-electron chi connectivity index (χ2n) is 0.658. The summed E-state index contributed by atoms with van der Waals surface area (Å²) in [5.41, 5.74) is 0. The van der Waals surface area contributed by atoms with Crippen LogP contribution in [0.4, 0.5) is 0 Å². The molecular formula is CHO4PS. The Balaban J connectivity index is 4.69. The van der Waals surface area contributed by atoms with Crippen LogP contribution in [0.15, 0.2) is 0 Å². The van der Waals surface area contributed by atoms with Crippen LogP contribution >= 0.6 is 7.92 Å². The molecule has 0 aromatic carbocycles. The van der Waals surface area contributed by atoms with Gasteiger partial charge >= 0.3 is 40.5 Å². The Kier molecular flexibility index (Phi) is 2.26. The minimum atomic E-state index is -4.25. The van der Waals surface area contributed by atoms with E-state index in [1.165, 1.54) is 4.96 Å². The summed E-state index contributed by atoms with van der Waals surface area (Å²) >= 11 is 0. The van der Waals surface area contributed by atoms with Crippen LogP contribution in [0.25, 0.3) is 0 Å². The molecule has 40 valence electrons. The van der Waals surface area contributed by atoms with Gasteiger partial charge < -0.3 is 0 Å². The van der Waals surface area contributed by atoms with Gasteiger partial charge in [0.2, 0.25) is 0 Å². The van der Waals surface area contributed by atoms with Gasteiger partial charge in [0.25, 0.3) is 0 Å². The van der Waals surface area contributed by atoms with Gasteiger partial charge in [-0.1, -0.05) is 0 Å². The summed E-state index contributed by atoms with van der Waals surface area (Å²) in [7, 11) is -5.08.